The van der Waals surface area contributed by atoms with Gasteiger partial charge in [0, 0.05) is 6.26 Å². The normalized spacial score (nSPS) is 19.1. The number of urea groups is 1. The van der Waals surface area contributed by atoms with Crippen molar-refractivity contribution in [2.24, 2.45) is 4.99 Å². The zero-order valence-corrected chi connectivity index (χ0v) is 18.6. The van der Waals surface area contributed by atoms with Crippen LogP contribution < -0.4 is 10.1 Å². The van der Waals surface area contributed by atoms with Gasteiger partial charge >= 0.3 is 6.03 Å². The van der Waals surface area contributed by atoms with Crippen LogP contribution in [0.4, 0.5) is 4.79 Å². The maximum Gasteiger partial charge on any atom is 0.341 e. The minimum Gasteiger partial charge on any atom is -0.503 e. The summed E-state index contributed by atoms with van der Waals surface area (Å²) < 4.78 is 18.0. The molecule has 0 bridgehead atoms. The van der Waals surface area contributed by atoms with Crippen LogP contribution in [-0.2, 0) is 10.8 Å². The van der Waals surface area contributed by atoms with Gasteiger partial charge in [-0.1, -0.05) is 60.7 Å². The van der Waals surface area contributed by atoms with E-state index in [1.807, 2.05) is 67.6 Å². The smallest absolute Gasteiger partial charge is 0.341 e. The van der Waals surface area contributed by atoms with Gasteiger partial charge in [0.05, 0.1) is 40.0 Å². The first-order valence-electron chi connectivity index (χ1n) is 10.3. The Morgan fingerprint density at radius 3 is 2.31 bits per heavy atom. The molecule has 0 spiro atoms. The molecule has 0 saturated heterocycles. The van der Waals surface area contributed by atoms with E-state index in [2.05, 4.69) is 10.3 Å². The number of rotatable bonds is 6. The first kappa shape index (κ1) is 21.8. The quantitative estimate of drug-likeness (QED) is 0.578. The lowest BCUT2D eigenvalue weighted by atomic mass is 9.80. The van der Waals surface area contributed by atoms with Crippen molar-refractivity contribution in [2.45, 2.75) is 23.8 Å². The first-order chi connectivity index (χ1) is 15.5. The zero-order chi connectivity index (χ0) is 22.7. The topological polar surface area (TPSA) is 88.0 Å². The molecule has 0 aromatic heterocycles. The van der Waals surface area contributed by atoms with Crippen molar-refractivity contribution in [1.82, 2.24) is 5.32 Å². The first-order valence-corrected chi connectivity index (χ1v) is 11.9. The highest BCUT2D eigenvalue weighted by Gasteiger charge is 2.36. The predicted octanol–water partition coefficient (Wildman–Crippen LogP) is 4.57. The van der Waals surface area contributed by atoms with Gasteiger partial charge in [0.1, 0.15) is 0 Å². The standard InChI is InChI=1S/C25H24N2O4S/c1-3-31-19-14-18(15-20(24(19)28)32(2)30)23-21(16-10-6-4-7-11-16)22(26-25(29)27-23)17-12-8-5-9-13-17/h4-15,21,23,28H,3H2,1-2H3,(H,27,29). The molecular weight excluding hydrogens is 424 g/mol. The second-order valence-electron chi connectivity index (χ2n) is 7.43. The summed E-state index contributed by atoms with van der Waals surface area (Å²) >= 11 is 0. The lowest BCUT2D eigenvalue weighted by molar-refractivity contribution is 0.243. The molecular formula is C25H24N2O4S. The number of amides is 2. The fourth-order valence-electron chi connectivity index (χ4n) is 3.99. The number of phenols is 1. The molecule has 4 rings (SSSR count). The van der Waals surface area contributed by atoms with E-state index in [0.29, 0.717) is 17.9 Å². The molecule has 1 aliphatic heterocycles. The summed E-state index contributed by atoms with van der Waals surface area (Å²) in [6.07, 6.45) is 1.50. The molecule has 3 unspecified atom stereocenters. The summed E-state index contributed by atoms with van der Waals surface area (Å²) in [6, 6.07) is 21.8. The number of phenolic OH excluding ortho intramolecular Hbond substituents is 1. The van der Waals surface area contributed by atoms with E-state index in [9.17, 15) is 14.1 Å². The van der Waals surface area contributed by atoms with Crippen molar-refractivity contribution in [3.8, 4) is 11.5 Å². The van der Waals surface area contributed by atoms with E-state index in [0.717, 1.165) is 11.1 Å². The summed E-state index contributed by atoms with van der Waals surface area (Å²) in [5.74, 6) is -0.208. The Balaban J connectivity index is 1.92. The fourth-order valence-corrected chi connectivity index (χ4v) is 4.67. The van der Waals surface area contributed by atoms with E-state index in [1.54, 1.807) is 12.1 Å². The number of aliphatic imine (C=N–C) groups is 1. The minimum atomic E-state index is -1.45. The molecule has 7 heteroatoms. The van der Waals surface area contributed by atoms with E-state index in [1.165, 1.54) is 6.26 Å². The van der Waals surface area contributed by atoms with Crippen LogP contribution in [0.15, 0.2) is 82.7 Å². The summed E-state index contributed by atoms with van der Waals surface area (Å²) in [6.45, 7) is 2.15. The third-order valence-electron chi connectivity index (χ3n) is 5.39. The molecule has 3 atom stereocenters. The van der Waals surface area contributed by atoms with Crippen molar-refractivity contribution >= 4 is 22.5 Å². The second kappa shape index (κ2) is 9.36. The van der Waals surface area contributed by atoms with E-state index in [4.69, 9.17) is 4.74 Å². The van der Waals surface area contributed by atoms with Crippen LogP contribution in [0.25, 0.3) is 0 Å². The lowest BCUT2D eigenvalue weighted by Crippen LogP contribution is -2.40. The average Bonchev–Trinajstić information content (AvgIpc) is 2.81. The van der Waals surface area contributed by atoms with Crippen molar-refractivity contribution in [1.29, 1.82) is 0 Å². The van der Waals surface area contributed by atoms with Crippen molar-refractivity contribution in [3.05, 3.63) is 89.5 Å². The highest BCUT2D eigenvalue weighted by Crippen LogP contribution is 2.42. The Labute approximate surface area is 189 Å². The Kier molecular flexibility index (Phi) is 6.37. The molecule has 0 radical (unpaired) electrons. The fraction of sp³-hybridized carbons (Fsp3) is 0.200. The SMILES string of the molecule is CCOc1cc(C2NC(=O)N=C(c3ccccc3)C2c2ccccc2)cc(S(C)=O)c1O. The molecule has 0 saturated carbocycles. The van der Waals surface area contributed by atoms with Crippen LogP contribution in [0, 0.1) is 0 Å². The summed E-state index contributed by atoms with van der Waals surface area (Å²) in [5, 5.41) is 13.5. The van der Waals surface area contributed by atoms with Gasteiger partial charge in [-0.3, -0.25) is 4.21 Å². The van der Waals surface area contributed by atoms with Gasteiger partial charge in [-0.15, -0.1) is 0 Å². The summed E-state index contributed by atoms with van der Waals surface area (Å²) in [5.41, 5.74) is 3.16. The van der Waals surface area contributed by atoms with Gasteiger partial charge < -0.3 is 15.2 Å². The third-order valence-corrected chi connectivity index (χ3v) is 6.32. The number of aromatic hydroxyl groups is 1. The van der Waals surface area contributed by atoms with Crippen LogP contribution in [0.1, 0.15) is 35.6 Å². The van der Waals surface area contributed by atoms with Crippen molar-refractivity contribution < 1.29 is 18.8 Å². The van der Waals surface area contributed by atoms with Crippen LogP contribution in [-0.4, -0.2) is 33.9 Å². The maximum atomic E-state index is 12.7. The van der Waals surface area contributed by atoms with Crippen LogP contribution in [0.2, 0.25) is 0 Å². The molecule has 3 aromatic rings. The second-order valence-corrected chi connectivity index (χ2v) is 8.78. The number of ether oxygens (including phenoxy) is 1. The molecule has 0 fully saturated rings. The highest BCUT2D eigenvalue weighted by molar-refractivity contribution is 7.84. The molecule has 2 N–H and O–H groups in total. The number of nitrogens with zero attached hydrogens (tertiary/aromatic N) is 1. The number of carbonyl (C=O) groups excluding carboxylic acids is 1. The number of hydrogen-bond donors (Lipinski definition) is 2. The summed E-state index contributed by atoms with van der Waals surface area (Å²) in [7, 11) is -1.45. The Bertz CT molecular complexity index is 1180. The molecule has 32 heavy (non-hydrogen) atoms. The number of nitrogens with one attached hydrogen (secondary N) is 1. The molecule has 1 heterocycles. The van der Waals surface area contributed by atoms with Gasteiger partial charge in [0.25, 0.3) is 0 Å². The number of carbonyl (C=O) groups is 1. The number of benzene rings is 3. The largest absolute Gasteiger partial charge is 0.503 e. The third kappa shape index (κ3) is 4.29. The lowest BCUT2D eigenvalue weighted by Gasteiger charge is -2.33. The average molecular weight is 449 g/mol. The molecule has 6 nitrogen and oxygen atoms in total. The molecule has 164 valence electrons. The highest BCUT2D eigenvalue weighted by atomic mass is 32.2. The van der Waals surface area contributed by atoms with Gasteiger partial charge in [-0.25, -0.2) is 4.79 Å². The van der Waals surface area contributed by atoms with Crippen molar-refractivity contribution in [2.75, 3.05) is 12.9 Å². The van der Waals surface area contributed by atoms with Crippen LogP contribution >= 0.6 is 0 Å². The molecule has 3 aromatic carbocycles. The zero-order valence-electron chi connectivity index (χ0n) is 17.8. The Morgan fingerprint density at radius 1 is 1.03 bits per heavy atom. The molecule has 0 aliphatic carbocycles. The summed E-state index contributed by atoms with van der Waals surface area (Å²) in [4.78, 5) is 17.3. The van der Waals surface area contributed by atoms with E-state index < -0.39 is 22.9 Å². The van der Waals surface area contributed by atoms with Gasteiger partial charge in [0.15, 0.2) is 11.5 Å². The maximum absolute atomic E-state index is 12.7. The Morgan fingerprint density at radius 2 is 1.69 bits per heavy atom. The predicted molar refractivity (Wildman–Crippen MR) is 125 cm³/mol. The minimum absolute atomic E-state index is 0.146. The van der Waals surface area contributed by atoms with Gasteiger partial charge in [-0.05, 0) is 35.7 Å². The molecule has 1 aliphatic rings. The Hall–Kier alpha value is -3.45. The molecule has 2 amide bonds. The van der Waals surface area contributed by atoms with E-state index >= 15 is 0 Å². The van der Waals surface area contributed by atoms with E-state index in [-0.39, 0.29) is 22.3 Å². The van der Waals surface area contributed by atoms with Gasteiger partial charge in [-0.2, -0.15) is 4.99 Å². The van der Waals surface area contributed by atoms with Gasteiger partial charge in [0.2, 0.25) is 0 Å². The monoisotopic (exact) mass is 448 g/mol. The van der Waals surface area contributed by atoms with Crippen LogP contribution in [0.5, 0.6) is 11.5 Å². The van der Waals surface area contributed by atoms with Crippen molar-refractivity contribution in [3.63, 3.8) is 0 Å². The number of hydrogen-bond acceptors (Lipinski definition) is 4. The van der Waals surface area contributed by atoms with Crippen LogP contribution in [0.3, 0.4) is 0 Å².